The molecule has 0 spiro atoms. The summed E-state index contributed by atoms with van der Waals surface area (Å²) in [4.78, 5) is 22.9. The minimum absolute atomic E-state index is 0.136. The van der Waals surface area contributed by atoms with Crippen LogP contribution in [0.25, 0.3) is 0 Å². The van der Waals surface area contributed by atoms with E-state index < -0.39 is 5.97 Å². The van der Waals surface area contributed by atoms with Crippen LogP contribution in [0.5, 0.6) is 0 Å². The first-order chi connectivity index (χ1) is 8.49. The first-order valence-corrected chi connectivity index (χ1v) is 5.79. The molecule has 1 aromatic carbocycles. The normalized spacial score (nSPS) is 19.7. The minimum atomic E-state index is -0.974. The molecule has 4 nitrogen and oxygen atoms in total. The molecule has 94 valence electrons. The molecule has 4 heteroatoms. The highest BCUT2D eigenvalue weighted by molar-refractivity contribution is 5.94. The topological polar surface area (TPSA) is 66.4 Å². The third-order valence-corrected chi connectivity index (χ3v) is 3.18. The number of carboxylic acids is 1. The molecule has 18 heavy (non-hydrogen) atoms. The quantitative estimate of drug-likeness (QED) is 0.837. The average molecular weight is 245 g/mol. The maximum Gasteiger partial charge on any atom is 0.333 e. The maximum atomic E-state index is 11.6. The molecule has 1 heterocycles. The molecule has 1 unspecified atom stereocenters. The van der Waals surface area contributed by atoms with Crippen molar-refractivity contribution in [3.8, 4) is 0 Å². The zero-order valence-corrected chi connectivity index (χ0v) is 10.4. The van der Waals surface area contributed by atoms with Crippen molar-refractivity contribution in [3.05, 3.63) is 46.7 Å². The summed E-state index contributed by atoms with van der Waals surface area (Å²) in [5.41, 5.74) is 2.69. The predicted molar refractivity (Wildman–Crippen MR) is 67.0 cm³/mol. The Kier molecular flexibility index (Phi) is 3.19. The van der Waals surface area contributed by atoms with Crippen molar-refractivity contribution < 1.29 is 14.7 Å². The molecule has 0 saturated heterocycles. The third kappa shape index (κ3) is 2.27. The van der Waals surface area contributed by atoms with Gasteiger partial charge in [-0.1, -0.05) is 29.8 Å². The van der Waals surface area contributed by atoms with Gasteiger partial charge in [0.1, 0.15) is 0 Å². The van der Waals surface area contributed by atoms with E-state index in [0.29, 0.717) is 5.70 Å². The zero-order valence-electron chi connectivity index (χ0n) is 10.4. The fourth-order valence-corrected chi connectivity index (χ4v) is 2.27. The third-order valence-electron chi connectivity index (χ3n) is 3.18. The lowest BCUT2D eigenvalue weighted by molar-refractivity contribution is -0.133. The zero-order chi connectivity index (χ0) is 13.3. The first kappa shape index (κ1) is 12.4. The summed E-state index contributed by atoms with van der Waals surface area (Å²) in [6.07, 6.45) is 0.183. The number of aliphatic carboxylic acids is 1. The molecule has 0 bridgehead atoms. The molecule has 0 aromatic heterocycles. The second-order valence-electron chi connectivity index (χ2n) is 4.56. The van der Waals surface area contributed by atoms with E-state index in [1.54, 1.807) is 6.92 Å². The van der Waals surface area contributed by atoms with Crippen LogP contribution in [0.2, 0.25) is 0 Å². The van der Waals surface area contributed by atoms with Crippen molar-refractivity contribution in [1.29, 1.82) is 0 Å². The van der Waals surface area contributed by atoms with E-state index in [9.17, 15) is 14.7 Å². The number of carboxylic acid groups (broad SMARTS) is 1. The van der Waals surface area contributed by atoms with Crippen LogP contribution in [0.15, 0.2) is 35.5 Å². The van der Waals surface area contributed by atoms with Crippen molar-refractivity contribution in [3.63, 3.8) is 0 Å². The van der Waals surface area contributed by atoms with E-state index in [-0.39, 0.29) is 23.8 Å². The number of hydrogen-bond donors (Lipinski definition) is 2. The van der Waals surface area contributed by atoms with Gasteiger partial charge in [0.2, 0.25) is 5.91 Å². The minimum Gasteiger partial charge on any atom is -0.478 e. The van der Waals surface area contributed by atoms with Crippen LogP contribution in [-0.2, 0) is 9.59 Å². The highest BCUT2D eigenvalue weighted by atomic mass is 16.4. The van der Waals surface area contributed by atoms with E-state index in [4.69, 9.17) is 0 Å². The summed E-state index contributed by atoms with van der Waals surface area (Å²) < 4.78 is 0. The van der Waals surface area contributed by atoms with E-state index >= 15 is 0 Å². The van der Waals surface area contributed by atoms with E-state index in [1.807, 2.05) is 31.2 Å². The molecule has 1 aliphatic rings. The van der Waals surface area contributed by atoms with Crippen LogP contribution in [0.3, 0.4) is 0 Å². The van der Waals surface area contributed by atoms with Crippen LogP contribution in [0, 0.1) is 6.92 Å². The Bertz CT molecular complexity index is 528. The number of aryl methyl sites for hydroxylation is 1. The smallest absolute Gasteiger partial charge is 0.333 e. The average Bonchev–Trinajstić information content (AvgIpc) is 2.28. The number of amides is 1. The van der Waals surface area contributed by atoms with Gasteiger partial charge in [-0.3, -0.25) is 4.79 Å². The van der Waals surface area contributed by atoms with Gasteiger partial charge in [-0.25, -0.2) is 4.79 Å². The summed E-state index contributed by atoms with van der Waals surface area (Å²) in [5, 5.41) is 11.9. The Labute approximate surface area is 105 Å². The highest BCUT2D eigenvalue weighted by Crippen LogP contribution is 2.32. The van der Waals surface area contributed by atoms with E-state index in [2.05, 4.69) is 5.32 Å². The van der Waals surface area contributed by atoms with Crippen LogP contribution < -0.4 is 5.32 Å². The molecular weight excluding hydrogens is 230 g/mol. The molecule has 0 saturated carbocycles. The lowest BCUT2D eigenvalue weighted by atomic mass is 9.84. The number of nitrogens with one attached hydrogen (secondary N) is 1. The molecule has 1 aromatic rings. The van der Waals surface area contributed by atoms with Gasteiger partial charge in [-0.2, -0.15) is 0 Å². The summed E-state index contributed by atoms with van der Waals surface area (Å²) in [5.74, 6) is -1.47. The van der Waals surface area contributed by atoms with E-state index in [0.717, 1.165) is 11.1 Å². The molecule has 2 N–H and O–H groups in total. The first-order valence-electron chi connectivity index (χ1n) is 5.79. The van der Waals surface area contributed by atoms with Crippen molar-refractivity contribution >= 4 is 11.9 Å². The van der Waals surface area contributed by atoms with Gasteiger partial charge >= 0.3 is 5.97 Å². The van der Waals surface area contributed by atoms with Gasteiger partial charge in [0.25, 0.3) is 0 Å². The van der Waals surface area contributed by atoms with Crippen molar-refractivity contribution in [2.24, 2.45) is 0 Å². The maximum absolute atomic E-state index is 11.6. The van der Waals surface area contributed by atoms with Crippen molar-refractivity contribution in [1.82, 2.24) is 5.32 Å². The Hall–Kier alpha value is -2.10. The molecule has 1 amide bonds. The van der Waals surface area contributed by atoms with Crippen LogP contribution in [0.1, 0.15) is 30.4 Å². The van der Waals surface area contributed by atoms with Gasteiger partial charge < -0.3 is 10.4 Å². The monoisotopic (exact) mass is 245 g/mol. The molecule has 0 aliphatic carbocycles. The summed E-state index contributed by atoms with van der Waals surface area (Å²) in [6.45, 7) is 3.60. The van der Waals surface area contributed by atoms with Gasteiger partial charge in [-0.05, 0) is 19.4 Å². The molecule has 1 aliphatic heterocycles. The summed E-state index contributed by atoms with van der Waals surface area (Å²) in [7, 11) is 0. The Morgan fingerprint density at radius 2 is 1.89 bits per heavy atom. The highest BCUT2D eigenvalue weighted by Gasteiger charge is 2.31. The Morgan fingerprint density at radius 3 is 2.44 bits per heavy atom. The lowest BCUT2D eigenvalue weighted by Crippen LogP contribution is -2.33. The summed E-state index contributed by atoms with van der Waals surface area (Å²) >= 11 is 0. The number of hydrogen-bond acceptors (Lipinski definition) is 2. The van der Waals surface area contributed by atoms with Gasteiger partial charge in [0.15, 0.2) is 0 Å². The second kappa shape index (κ2) is 4.64. The summed E-state index contributed by atoms with van der Waals surface area (Å²) in [6, 6.07) is 7.62. The molecular formula is C14H15NO3. The van der Waals surface area contributed by atoms with Crippen LogP contribution in [-0.4, -0.2) is 17.0 Å². The Balaban J connectivity index is 2.46. The SMILES string of the molecule is CC1=C(C(=O)O)C(c2ccc(C)cc2)CC(=O)N1. The number of carbonyl (C=O) groups excluding carboxylic acids is 1. The molecule has 1 atom stereocenters. The lowest BCUT2D eigenvalue weighted by Gasteiger charge is -2.25. The standard InChI is InChI=1S/C14H15NO3/c1-8-3-5-10(6-4-8)11-7-12(16)15-9(2)13(11)14(17)18/h3-6,11H,7H2,1-2H3,(H,15,16)(H,17,18). The van der Waals surface area contributed by atoms with Crippen molar-refractivity contribution in [2.45, 2.75) is 26.2 Å². The number of rotatable bonds is 2. The largest absolute Gasteiger partial charge is 0.478 e. The van der Waals surface area contributed by atoms with Gasteiger partial charge in [-0.15, -0.1) is 0 Å². The molecule has 0 radical (unpaired) electrons. The second-order valence-corrected chi connectivity index (χ2v) is 4.56. The number of allylic oxidation sites excluding steroid dienone is 1. The van der Waals surface area contributed by atoms with Gasteiger partial charge in [0.05, 0.1) is 5.57 Å². The van der Waals surface area contributed by atoms with Crippen molar-refractivity contribution in [2.75, 3.05) is 0 Å². The van der Waals surface area contributed by atoms with Gasteiger partial charge in [0, 0.05) is 18.0 Å². The number of benzene rings is 1. The molecule has 2 rings (SSSR count). The fraction of sp³-hybridized carbons (Fsp3) is 0.286. The molecule has 0 fully saturated rings. The fourth-order valence-electron chi connectivity index (χ4n) is 2.27. The van der Waals surface area contributed by atoms with Crippen LogP contribution >= 0.6 is 0 Å². The van der Waals surface area contributed by atoms with Crippen LogP contribution in [0.4, 0.5) is 0 Å². The Morgan fingerprint density at radius 1 is 1.28 bits per heavy atom. The number of carbonyl (C=O) groups is 2. The predicted octanol–water partition coefficient (Wildman–Crippen LogP) is 1.96. The van der Waals surface area contributed by atoms with E-state index in [1.165, 1.54) is 0 Å².